The zero-order valence-electron chi connectivity index (χ0n) is 9.51. The van der Waals surface area contributed by atoms with Crippen molar-refractivity contribution in [1.29, 1.82) is 5.26 Å². The number of nitriles is 1. The molecule has 0 saturated heterocycles. The molecule has 1 atom stereocenters. The predicted octanol–water partition coefficient (Wildman–Crippen LogP) is 1.34. The molecule has 5 nitrogen and oxygen atoms in total. The molecule has 1 aliphatic rings. The van der Waals surface area contributed by atoms with Gasteiger partial charge < -0.3 is 9.84 Å². The van der Waals surface area contributed by atoms with E-state index in [2.05, 4.69) is 0 Å². The maximum atomic E-state index is 11.9. The van der Waals surface area contributed by atoms with Crippen LogP contribution in [-0.4, -0.2) is 16.9 Å². The molecule has 0 radical (unpaired) electrons. The van der Waals surface area contributed by atoms with Crippen LogP contribution in [0.25, 0.3) is 0 Å². The molecule has 0 amide bonds. The molecular weight excluding hydrogens is 234 g/mol. The molecule has 0 saturated carbocycles. The lowest BCUT2D eigenvalue weighted by Gasteiger charge is -2.23. The summed E-state index contributed by atoms with van der Waals surface area (Å²) in [4.78, 5) is 22.7. The Morgan fingerprint density at radius 1 is 1.50 bits per heavy atom. The summed E-state index contributed by atoms with van der Waals surface area (Å²) < 4.78 is 5.21. The monoisotopic (exact) mass is 243 g/mol. The van der Waals surface area contributed by atoms with Gasteiger partial charge >= 0.3 is 5.97 Å². The molecule has 90 valence electrons. The molecule has 2 rings (SSSR count). The maximum absolute atomic E-state index is 11.9. The Labute approximate surface area is 103 Å². The first-order valence-electron chi connectivity index (χ1n) is 5.16. The highest BCUT2D eigenvalue weighted by Gasteiger charge is 2.43. The van der Waals surface area contributed by atoms with Gasteiger partial charge in [-0.15, -0.1) is 0 Å². The van der Waals surface area contributed by atoms with Crippen LogP contribution in [0.5, 0.6) is 0 Å². The first-order chi connectivity index (χ1) is 8.47. The third-order valence-corrected chi connectivity index (χ3v) is 2.80. The van der Waals surface area contributed by atoms with Crippen molar-refractivity contribution in [2.45, 2.75) is 12.5 Å². The standard InChI is InChI=1S/C13H9NO4/c1-13(9-4-2-3-8(5-9)7-14)11(15)6-10(18-13)12(16)17/h2-6H,1H3,(H,16,17). The SMILES string of the molecule is CC1(c2cccc(C#N)c2)OC(C(=O)O)=CC1=O. The molecule has 1 N–H and O–H groups in total. The van der Waals surface area contributed by atoms with E-state index >= 15 is 0 Å². The van der Waals surface area contributed by atoms with Crippen LogP contribution in [0.4, 0.5) is 0 Å². The number of carbonyl (C=O) groups excluding carboxylic acids is 1. The first kappa shape index (κ1) is 11.9. The molecule has 1 aromatic carbocycles. The van der Waals surface area contributed by atoms with Gasteiger partial charge in [0.25, 0.3) is 0 Å². The predicted molar refractivity (Wildman–Crippen MR) is 60.3 cm³/mol. The largest absolute Gasteiger partial charge is 0.475 e. The lowest BCUT2D eigenvalue weighted by atomic mass is 9.91. The molecule has 0 spiro atoms. The zero-order valence-corrected chi connectivity index (χ0v) is 9.51. The number of nitrogens with zero attached hydrogens (tertiary/aromatic N) is 1. The van der Waals surface area contributed by atoms with Gasteiger partial charge in [-0.1, -0.05) is 12.1 Å². The summed E-state index contributed by atoms with van der Waals surface area (Å²) in [5, 5.41) is 17.6. The quantitative estimate of drug-likeness (QED) is 0.846. The van der Waals surface area contributed by atoms with Crippen LogP contribution in [0, 0.1) is 11.3 Å². The lowest BCUT2D eigenvalue weighted by molar-refractivity contribution is -0.141. The Kier molecular flexibility index (Phi) is 2.64. The molecule has 0 bridgehead atoms. The number of hydrogen-bond donors (Lipinski definition) is 1. The fraction of sp³-hybridized carbons (Fsp3) is 0.154. The van der Waals surface area contributed by atoms with Crippen LogP contribution in [-0.2, 0) is 19.9 Å². The van der Waals surface area contributed by atoms with Crippen molar-refractivity contribution in [2.75, 3.05) is 0 Å². The Hall–Kier alpha value is -2.61. The fourth-order valence-electron chi connectivity index (χ4n) is 1.75. The van der Waals surface area contributed by atoms with E-state index in [-0.39, 0.29) is 5.76 Å². The highest BCUT2D eigenvalue weighted by atomic mass is 16.5. The van der Waals surface area contributed by atoms with Crippen molar-refractivity contribution in [3.8, 4) is 6.07 Å². The minimum absolute atomic E-state index is 0.383. The number of aliphatic carboxylic acids is 1. The number of carboxylic acid groups (broad SMARTS) is 1. The third-order valence-electron chi connectivity index (χ3n) is 2.80. The van der Waals surface area contributed by atoms with Crippen molar-refractivity contribution < 1.29 is 19.4 Å². The Morgan fingerprint density at radius 2 is 2.22 bits per heavy atom. The van der Waals surface area contributed by atoms with E-state index in [1.165, 1.54) is 13.0 Å². The van der Waals surface area contributed by atoms with Crippen LogP contribution in [0.3, 0.4) is 0 Å². The summed E-state index contributed by atoms with van der Waals surface area (Å²) in [6, 6.07) is 8.30. The second-order valence-corrected chi connectivity index (χ2v) is 4.01. The van der Waals surface area contributed by atoms with Crippen molar-refractivity contribution in [1.82, 2.24) is 0 Å². The van der Waals surface area contributed by atoms with E-state index in [0.717, 1.165) is 6.08 Å². The molecule has 5 heteroatoms. The average molecular weight is 243 g/mol. The fourth-order valence-corrected chi connectivity index (χ4v) is 1.75. The highest BCUT2D eigenvalue weighted by molar-refractivity contribution is 6.05. The van der Waals surface area contributed by atoms with Crippen LogP contribution in [0.2, 0.25) is 0 Å². The van der Waals surface area contributed by atoms with Crippen LogP contribution in [0.15, 0.2) is 36.1 Å². The van der Waals surface area contributed by atoms with E-state index in [1.807, 2.05) is 6.07 Å². The maximum Gasteiger partial charge on any atom is 0.371 e. The van der Waals surface area contributed by atoms with E-state index in [4.69, 9.17) is 15.1 Å². The summed E-state index contributed by atoms with van der Waals surface area (Å²) in [5.74, 6) is -2.12. The van der Waals surface area contributed by atoms with Gasteiger partial charge in [0, 0.05) is 11.6 Å². The minimum atomic E-state index is -1.37. The number of ether oxygens (including phenoxy) is 1. The zero-order chi connectivity index (χ0) is 13.3. The van der Waals surface area contributed by atoms with Gasteiger partial charge in [0.15, 0.2) is 5.60 Å². The third kappa shape index (κ3) is 1.74. The topological polar surface area (TPSA) is 87.4 Å². The molecule has 18 heavy (non-hydrogen) atoms. The second kappa shape index (κ2) is 4.00. The number of benzene rings is 1. The van der Waals surface area contributed by atoms with Gasteiger partial charge in [-0.05, 0) is 19.1 Å². The summed E-state index contributed by atoms with van der Waals surface area (Å²) in [6.07, 6.45) is 0.960. The second-order valence-electron chi connectivity index (χ2n) is 4.01. The van der Waals surface area contributed by atoms with Crippen molar-refractivity contribution >= 4 is 11.8 Å². The van der Waals surface area contributed by atoms with Gasteiger partial charge in [-0.25, -0.2) is 4.79 Å². The molecule has 0 aromatic heterocycles. The van der Waals surface area contributed by atoms with Crippen molar-refractivity contribution in [3.05, 3.63) is 47.2 Å². The van der Waals surface area contributed by atoms with Gasteiger partial charge in [-0.2, -0.15) is 5.26 Å². The number of carboxylic acids is 1. The average Bonchev–Trinajstić information content (AvgIpc) is 2.67. The molecule has 1 aliphatic heterocycles. The summed E-state index contributed by atoms with van der Waals surface area (Å²) in [7, 11) is 0. The molecular formula is C13H9NO4. The van der Waals surface area contributed by atoms with Crippen LogP contribution >= 0.6 is 0 Å². The molecule has 1 heterocycles. The first-order valence-corrected chi connectivity index (χ1v) is 5.16. The summed E-state index contributed by atoms with van der Waals surface area (Å²) in [6.45, 7) is 1.48. The number of rotatable bonds is 2. The van der Waals surface area contributed by atoms with E-state index in [1.54, 1.807) is 18.2 Å². The Bertz CT molecular complexity index is 612. The Balaban J connectivity index is 2.43. The summed E-state index contributed by atoms with van der Waals surface area (Å²) in [5.41, 5.74) is -0.534. The molecule has 1 unspecified atom stereocenters. The van der Waals surface area contributed by atoms with Crippen molar-refractivity contribution in [2.24, 2.45) is 0 Å². The van der Waals surface area contributed by atoms with E-state index < -0.39 is 17.4 Å². The van der Waals surface area contributed by atoms with Crippen LogP contribution < -0.4 is 0 Å². The van der Waals surface area contributed by atoms with Crippen molar-refractivity contribution in [3.63, 3.8) is 0 Å². The lowest BCUT2D eigenvalue weighted by Crippen LogP contribution is -2.30. The Morgan fingerprint density at radius 3 is 2.78 bits per heavy atom. The summed E-state index contributed by atoms with van der Waals surface area (Å²) >= 11 is 0. The normalized spacial score (nSPS) is 22.0. The van der Waals surface area contributed by atoms with E-state index in [9.17, 15) is 9.59 Å². The van der Waals surface area contributed by atoms with E-state index in [0.29, 0.717) is 11.1 Å². The number of carbonyl (C=O) groups is 2. The van der Waals surface area contributed by atoms with Gasteiger partial charge in [0.1, 0.15) is 0 Å². The highest BCUT2D eigenvalue weighted by Crippen LogP contribution is 2.35. The van der Waals surface area contributed by atoms with Gasteiger partial charge in [-0.3, -0.25) is 4.79 Å². The van der Waals surface area contributed by atoms with Gasteiger partial charge in [0.05, 0.1) is 11.6 Å². The smallest absolute Gasteiger partial charge is 0.371 e. The van der Waals surface area contributed by atoms with Crippen LogP contribution in [0.1, 0.15) is 18.1 Å². The molecule has 0 aliphatic carbocycles. The minimum Gasteiger partial charge on any atom is -0.475 e. The number of hydrogen-bond acceptors (Lipinski definition) is 4. The number of ketones is 1. The molecule has 1 aromatic rings. The molecule has 0 fully saturated rings. The van der Waals surface area contributed by atoms with Gasteiger partial charge in [0.2, 0.25) is 11.5 Å².